The van der Waals surface area contributed by atoms with Gasteiger partial charge in [-0.15, -0.1) is 0 Å². The first kappa shape index (κ1) is 14.0. The van der Waals surface area contributed by atoms with Crippen molar-refractivity contribution in [3.8, 4) is 0 Å². The van der Waals surface area contributed by atoms with Crippen molar-refractivity contribution in [1.82, 2.24) is 5.32 Å². The number of nitrogens with one attached hydrogen (secondary N) is 1. The van der Waals surface area contributed by atoms with Gasteiger partial charge in [0.15, 0.2) is 0 Å². The molecule has 2 rings (SSSR count). The van der Waals surface area contributed by atoms with E-state index in [1.54, 1.807) is 18.2 Å². The van der Waals surface area contributed by atoms with E-state index in [1.807, 2.05) is 37.3 Å². The molecule has 0 heterocycles. The highest BCUT2D eigenvalue weighted by molar-refractivity contribution is 6.30. The van der Waals surface area contributed by atoms with Gasteiger partial charge in [0.1, 0.15) is 5.82 Å². The van der Waals surface area contributed by atoms with E-state index in [2.05, 4.69) is 5.32 Å². The molecule has 2 aromatic carbocycles. The van der Waals surface area contributed by atoms with Crippen molar-refractivity contribution in [3.05, 3.63) is 70.5 Å². The first-order chi connectivity index (χ1) is 9.22. The Bertz CT molecular complexity index is 528. The van der Waals surface area contributed by atoms with Crippen LogP contribution < -0.4 is 5.32 Å². The van der Waals surface area contributed by atoms with E-state index >= 15 is 0 Å². The van der Waals surface area contributed by atoms with Gasteiger partial charge >= 0.3 is 0 Å². The Morgan fingerprint density at radius 3 is 2.53 bits per heavy atom. The van der Waals surface area contributed by atoms with Crippen LogP contribution in [0, 0.1) is 5.82 Å². The highest BCUT2D eigenvalue weighted by atomic mass is 35.5. The van der Waals surface area contributed by atoms with Gasteiger partial charge in [0.05, 0.1) is 5.02 Å². The normalized spacial score (nSPS) is 12.4. The third-order valence-electron chi connectivity index (χ3n) is 3.09. The first-order valence-corrected chi connectivity index (χ1v) is 6.81. The van der Waals surface area contributed by atoms with Crippen LogP contribution >= 0.6 is 11.6 Å². The zero-order valence-corrected chi connectivity index (χ0v) is 11.6. The monoisotopic (exact) mass is 277 g/mol. The van der Waals surface area contributed by atoms with Crippen LogP contribution in [-0.4, -0.2) is 6.54 Å². The standard InChI is InChI=1S/C16H17ClFN/c1-2-19-15(11-12-7-4-3-5-8-12)13-9-6-10-14(17)16(13)18/h3-10,15,19H,2,11H2,1H3. The van der Waals surface area contributed by atoms with Crippen LogP contribution in [0.15, 0.2) is 48.5 Å². The molecule has 19 heavy (non-hydrogen) atoms. The second-order valence-corrected chi connectivity index (χ2v) is 4.85. The second-order valence-electron chi connectivity index (χ2n) is 4.44. The molecule has 1 N–H and O–H groups in total. The summed E-state index contributed by atoms with van der Waals surface area (Å²) in [5.74, 6) is -0.328. The van der Waals surface area contributed by atoms with E-state index in [-0.39, 0.29) is 16.9 Å². The summed E-state index contributed by atoms with van der Waals surface area (Å²) < 4.78 is 14.1. The topological polar surface area (TPSA) is 12.0 Å². The molecule has 0 bridgehead atoms. The number of hydrogen-bond donors (Lipinski definition) is 1. The fourth-order valence-corrected chi connectivity index (χ4v) is 2.36. The lowest BCUT2D eigenvalue weighted by Gasteiger charge is -2.19. The maximum atomic E-state index is 14.1. The Morgan fingerprint density at radius 1 is 1.11 bits per heavy atom. The highest BCUT2D eigenvalue weighted by Crippen LogP contribution is 2.25. The third kappa shape index (κ3) is 3.55. The first-order valence-electron chi connectivity index (χ1n) is 6.43. The van der Waals surface area contributed by atoms with Gasteiger partial charge in [-0.25, -0.2) is 4.39 Å². The molecule has 1 unspecified atom stereocenters. The molecule has 0 radical (unpaired) electrons. The van der Waals surface area contributed by atoms with E-state index < -0.39 is 0 Å². The van der Waals surface area contributed by atoms with Crippen molar-refractivity contribution in [1.29, 1.82) is 0 Å². The molecule has 1 nitrogen and oxygen atoms in total. The SMILES string of the molecule is CCNC(Cc1ccccc1)c1cccc(Cl)c1F. The summed E-state index contributed by atoms with van der Waals surface area (Å²) in [5, 5.41) is 3.49. The van der Waals surface area contributed by atoms with Crippen LogP contribution in [0.5, 0.6) is 0 Å². The Morgan fingerprint density at radius 2 is 1.84 bits per heavy atom. The zero-order valence-electron chi connectivity index (χ0n) is 10.9. The average Bonchev–Trinajstić information content (AvgIpc) is 2.43. The summed E-state index contributed by atoms with van der Waals surface area (Å²) in [6, 6.07) is 15.1. The molecule has 2 aromatic rings. The van der Waals surface area contributed by atoms with Gasteiger partial charge < -0.3 is 5.32 Å². The van der Waals surface area contributed by atoms with Crippen LogP contribution in [0.4, 0.5) is 4.39 Å². The number of likely N-dealkylation sites (N-methyl/N-ethyl adjacent to an activating group) is 1. The van der Waals surface area contributed by atoms with Crippen molar-refractivity contribution < 1.29 is 4.39 Å². The van der Waals surface area contributed by atoms with Crippen LogP contribution in [0.3, 0.4) is 0 Å². The Labute approximate surface area is 118 Å². The molecule has 0 amide bonds. The number of benzene rings is 2. The van der Waals surface area contributed by atoms with Gasteiger partial charge in [-0.3, -0.25) is 0 Å². The fourth-order valence-electron chi connectivity index (χ4n) is 2.18. The van der Waals surface area contributed by atoms with Gasteiger partial charge in [0.25, 0.3) is 0 Å². The summed E-state index contributed by atoms with van der Waals surface area (Å²) >= 11 is 5.86. The predicted octanol–water partition coefficient (Wildman–Crippen LogP) is 4.37. The van der Waals surface area contributed by atoms with E-state index in [9.17, 15) is 4.39 Å². The van der Waals surface area contributed by atoms with Crippen LogP contribution in [0.1, 0.15) is 24.1 Å². The Balaban J connectivity index is 2.27. The van der Waals surface area contributed by atoms with Crippen LogP contribution in [0.25, 0.3) is 0 Å². The van der Waals surface area contributed by atoms with E-state index in [0.717, 1.165) is 13.0 Å². The zero-order chi connectivity index (χ0) is 13.7. The lowest BCUT2D eigenvalue weighted by Crippen LogP contribution is -2.24. The lowest BCUT2D eigenvalue weighted by atomic mass is 9.98. The Hall–Kier alpha value is -1.38. The number of halogens is 2. The minimum Gasteiger partial charge on any atom is -0.310 e. The number of hydrogen-bond acceptors (Lipinski definition) is 1. The minimum atomic E-state index is -0.328. The van der Waals surface area contributed by atoms with E-state index in [0.29, 0.717) is 5.56 Å². The fraction of sp³-hybridized carbons (Fsp3) is 0.250. The van der Waals surface area contributed by atoms with Crippen molar-refractivity contribution in [3.63, 3.8) is 0 Å². The average molecular weight is 278 g/mol. The molecule has 0 saturated heterocycles. The van der Waals surface area contributed by atoms with Gasteiger partial charge in [0, 0.05) is 11.6 Å². The highest BCUT2D eigenvalue weighted by Gasteiger charge is 2.16. The van der Waals surface area contributed by atoms with E-state index in [1.165, 1.54) is 5.56 Å². The summed E-state index contributed by atoms with van der Waals surface area (Å²) in [6.45, 7) is 2.80. The molecular formula is C16H17ClFN. The van der Waals surface area contributed by atoms with Crippen molar-refractivity contribution in [2.45, 2.75) is 19.4 Å². The molecular weight excluding hydrogens is 261 g/mol. The molecule has 1 atom stereocenters. The number of rotatable bonds is 5. The third-order valence-corrected chi connectivity index (χ3v) is 3.38. The smallest absolute Gasteiger partial charge is 0.146 e. The lowest BCUT2D eigenvalue weighted by molar-refractivity contribution is 0.510. The van der Waals surface area contributed by atoms with Crippen molar-refractivity contribution >= 4 is 11.6 Å². The summed E-state index contributed by atoms with van der Waals surface area (Å²) in [4.78, 5) is 0. The molecule has 0 aliphatic heterocycles. The molecule has 3 heteroatoms. The largest absolute Gasteiger partial charge is 0.310 e. The van der Waals surface area contributed by atoms with Crippen molar-refractivity contribution in [2.24, 2.45) is 0 Å². The summed E-state index contributed by atoms with van der Waals surface area (Å²) in [7, 11) is 0. The van der Waals surface area contributed by atoms with Crippen LogP contribution in [-0.2, 0) is 6.42 Å². The van der Waals surface area contributed by atoms with Gasteiger partial charge in [0.2, 0.25) is 0 Å². The maximum Gasteiger partial charge on any atom is 0.146 e. The Kier molecular flexibility index (Phi) is 4.94. The van der Waals surface area contributed by atoms with E-state index in [4.69, 9.17) is 11.6 Å². The van der Waals surface area contributed by atoms with Gasteiger partial charge in [-0.05, 0) is 24.6 Å². The molecule has 0 aliphatic rings. The molecule has 0 aliphatic carbocycles. The second kappa shape index (κ2) is 6.69. The predicted molar refractivity (Wildman–Crippen MR) is 78.0 cm³/mol. The van der Waals surface area contributed by atoms with Gasteiger partial charge in [-0.2, -0.15) is 0 Å². The molecule has 0 spiro atoms. The summed E-state index contributed by atoms with van der Waals surface area (Å²) in [6.07, 6.45) is 0.742. The summed E-state index contributed by atoms with van der Waals surface area (Å²) in [5.41, 5.74) is 1.80. The maximum absolute atomic E-state index is 14.1. The molecule has 0 saturated carbocycles. The van der Waals surface area contributed by atoms with Gasteiger partial charge in [-0.1, -0.05) is 61.0 Å². The van der Waals surface area contributed by atoms with Crippen molar-refractivity contribution in [2.75, 3.05) is 6.54 Å². The van der Waals surface area contributed by atoms with Crippen LogP contribution in [0.2, 0.25) is 5.02 Å². The molecule has 100 valence electrons. The quantitative estimate of drug-likeness (QED) is 0.856. The molecule has 0 aromatic heterocycles. The molecule has 0 fully saturated rings. The minimum absolute atomic E-state index is 0.0638.